The Labute approximate surface area is 155 Å². The first-order chi connectivity index (χ1) is 12.5. The van der Waals surface area contributed by atoms with E-state index in [-0.39, 0.29) is 0 Å². The van der Waals surface area contributed by atoms with E-state index in [9.17, 15) is 0 Å². The van der Waals surface area contributed by atoms with Crippen molar-refractivity contribution in [3.8, 4) is 11.3 Å². The Bertz CT molecular complexity index is 1140. The first kappa shape index (κ1) is 16.8. The summed E-state index contributed by atoms with van der Waals surface area (Å²) in [5, 5.41) is 5.22. The molecule has 3 aromatic carbocycles. The van der Waals surface area contributed by atoms with Crippen molar-refractivity contribution < 1.29 is 0 Å². The van der Waals surface area contributed by atoms with Gasteiger partial charge in [-0.1, -0.05) is 49.7 Å². The van der Waals surface area contributed by atoms with Crippen LogP contribution < -0.4 is 0 Å². The Balaban J connectivity index is 2.11. The van der Waals surface area contributed by atoms with Crippen LogP contribution in [0.4, 0.5) is 0 Å². The largest absolute Gasteiger partial charge is 0.255 e. The summed E-state index contributed by atoms with van der Waals surface area (Å²) in [4.78, 5) is 4.87. The highest BCUT2D eigenvalue weighted by Crippen LogP contribution is 2.36. The van der Waals surface area contributed by atoms with E-state index in [1.807, 2.05) is 6.20 Å². The second-order valence-electron chi connectivity index (χ2n) is 7.74. The predicted octanol–water partition coefficient (Wildman–Crippen LogP) is 7.10. The van der Waals surface area contributed by atoms with Crippen LogP contribution in [0.2, 0.25) is 0 Å². The fourth-order valence-electron chi connectivity index (χ4n) is 3.98. The van der Waals surface area contributed by atoms with Crippen molar-refractivity contribution in [2.24, 2.45) is 0 Å². The predicted molar refractivity (Wildman–Crippen MR) is 113 cm³/mol. The van der Waals surface area contributed by atoms with Crippen LogP contribution in [0.1, 0.15) is 42.0 Å². The Morgan fingerprint density at radius 2 is 1.50 bits per heavy atom. The summed E-state index contributed by atoms with van der Waals surface area (Å²) in [7, 11) is 0. The van der Waals surface area contributed by atoms with Gasteiger partial charge in [-0.2, -0.15) is 0 Å². The monoisotopic (exact) mass is 339 g/mol. The molecule has 0 saturated heterocycles. The van der Waals surface area contributed by atoms with Gasteiger partial charge in [0.1, 0.15) is 0 Å². The number of nitrogens with zero attached hydrogens (tertiary/aromatic N) is 1. The highest BCUT2D eigenvalue weighted by molar-refractivity contribution is 6.13. The first-order valence-corrected chi connectivity index (χ1v) is 9.35. The van der Waals surface area contributed by atoms with Crippen molar-refractivity contribution in [3.05, 3.63) is 77.0 Å². The second kappa shape index (κ2) is 6.25. The van der Waals surface area contributed by atoms with Crippen LogP contribution in [0, 0.1) is 20.8 Å². The lowest BCUT2D eigenvalue weighted by molar-refractivity contribution is 0.865. The maximum absolute atomic E-state index is 4.87. The molecule has 0 fully saturated rings. The van der Waals surface area contributed by atoms with E-state index in [2.05, 4.69) is 83.1 Å². The third-order valence-electron chi connectivity index (χ3n) is 5.33. The van der Waals surface area contributed by atoms with Crippen molar-refractivity contribution >= 4 is 21.5 Å². The molecule has 0 aliphatic heterocycles. The third kappa shape index (κ3) is 2.68. The molecule has 1 heterocycles. The molecule has 4 aromatic rings. The van der Waals surface area contributed by atoms with Crippen LogP contribution in [0.25, 0.3) is 32.8 Å². The lowest BCUT2D eigenvalue weighted by Crippen LogP contribution is -1.95. The molecule has 1 aromatic heterocycles. The number of aryl methyl sites for hydroxylation is 3. The van der Waals surface area contributed by atoms with E-state index in [0.29, 0.717) is 5.92 Å². The summed E-state index contributed by atoms with van der Waals surface area (Å²) < 4.78 is 0. The van der Waals surface area contributed by atoms with Crippen LogP contribution in [-0.4, -0.2) is 4.98 Å². The van der Waals surface area contributed by atoms with Gasteiger partial charge < -0.3 is 0 Å². The second-order valence-corrected chi connectivity index (χ2v) is 7.74. The number of fused-ring (bicyclic) bond motifs is 3. The Morgan fingerprint density at radius 3 is 2.23 bits per heavy atom. The average Bonchev–Trinajstić information content (AvgIpc) is 2.61. The zero-order chi connectivity index (χ0) is 18.4. The number of hydrogen-bond donors (Lipinski definition) is 0. The molecule has 0 amide bonds. The van der Waals surface area contributed by atoms with Crippen LogP contribution in [0.5, 0.6) is 0 Å². The summed E-state index contributed by atoms with van der Waals surface area (Å²) in [5.41, 5.74) is 7.50. The van der Waals surface area contributed by atoms with Gasteiger partial charge in [0.15, 0.2) is 0 Å². The molecule has 0 saturated carbocycles. The number of benzene rings is 3. The van der Waals surface area contributed by atoms with E-state index in [4.69, 9.17) is 4.98 Å². The van der Waals surface area contributed by atoms with Gasteiger partial charge in [-0.05, 0) is 77.7 Å². The molecule has 0 aliphatic rings. The maximum Gasteiger partial charge on any atom is 0.0781 e. The van der Waals surface area contributed by atoms with Crippen LogP contribution in [0.15, 0.2) is 54.7 Å². The molecule has 4 rings (SSSR count). The lowest BCUT2D eigenvalue weighted by atomic mass is 9.91. The van der Waals surface area contributed by atoms with Crippen LogP contribution in [-0.2, 0) is 0 Å². The van der Waals surface area contributed by atoms with Crippen molar-refractivity contribution in [2.45, 2.75) is 40.5 Å². The van der Waals surface area contributed by atoms with Gasteiger partial charge in [0, 0.05) is 17.1 Å². The molecule has 1 nitrogen and oxygen atoms in total. The molecule has 0 spiro atoms. The van der Waals surface area contributed by atoms with Gasteiger partial charge in [0.2, 0.25) is 0 Å². The van der Waals surface area contributed by atoms with Crippen LogP contribution >= 0.6 is 0 Å². The van der Waals surface area contributed by atoms with E-state index >= 15 is 0 Å². The zero-order valence-electron chi connectivity index (χ0n) is 16.2. The minimum absolute atomic E-state index is 0.507. The van der Waals surface area contributed by atoms with Crippen molar-refractivity contribution in [1.29, 1.82) is 0 Å². The van der Waals surface area contributed by atoms with E-state index in [0.717, 1.165) is 5.69 Å². The molecule has 0 unspecified atom stereocenters. The van der Waals surface area contributed by atoms with E-state index in [1.54, 1.807) is 0 Å². The molecule has 0 radical (unpaired) electrons. The van der Waals surface area contributed by atoms with Gasteiger partial charge in [-0.25, -0.2) is 0 Å². The molecule has 0 bridgehead atoms. The molecule has 26 heavy (non-hydrogen) atoms. The fourth-order valence-corrected chi connectivity index (χ4v) is 3.98. The highest BCUT2D eigenvalue weighted by atomic mass is 14.7. The zero-order valence-corrected chi connectivity index (χ0v) is 16.2. The molecule has 0 N–H and O–H groups in total. The SMILES string of the molecule is Cc1cc(-c2ncc(C)c3c2cc(C)c2ccccc23)cc(C(C)C)c1. The van der Waals surface area contributed by atoms with Gasteiger partial charge in [-0.15, -0.1) is 0 Å². The fraction of sp³-hybridized carbons (Fsp3) is 0.240. The Morgan fingerprint density at radius 1 is 0.769 bits per heavy atom. The summed E-state index contributed by atoms with van der Waals surface area (Å²) in [6.07, 6.45) is 2.02. The molecule has 1 heteroatoms. The van der Waals surface area contributed by atoms with E-state index < -0.39 is 0 Å². The lowest BCUT2D eigenvalue weighted by Gasteiger charge is -2.15. The number of rotatable bonds is 2. The Hall–Kier alpha value is -2.67. The Kier molecular flexibility index (Phi) is 4.03. The summed E-state index contributed by atoms with van der Waals surface area (Å²) in [6, 6.07) is 17.9. The maximum atomic E-state index is 4.87. The normalized spacial score (nSPS) is 11.6. The van der Waals surface area contributed by atoms with Crippen molar-refractivity contribution in [2.75, 3.05) is 0 Å². The van der Waals surface area contributed by atoms with E-state index in [1.165, 1.54) is 49.4 Å². The molecular weight excluding hydrogens is 314 g/mol. The number of aromatic nitrogens is 1. The van der Waals surface area contributed by atoms with Crippen LogP contribution in [0.3, 0.4) is 0 Å². The van der Waals surface area contributed by atoms with Gasteiger partial charge in [0.25, 0.3) is 0 Å². The summed E-state index contributed by atoms with van der Waals surface area (Å²) in [6.45, 7) is 11.0. The van der Waals surface area contributed by atoms with Gasteiger partial charge in [-0.3, -0.25) is 4.98 Å². The number of pyridine rings is 1. The van der Waals surface area contributed by atoms with Gasteiger partial charge >= 0.3 is 0 Å². The first-order valence-electron chi connectivity index (χ1n) is 9.35. The topological polar surface area (TPSA) is 12.9 Å². The molecule has 130 valence electrons. The van der Waals surface area contributed by atoms with Crippen molar-refractivity contribution in [3.63, 3.8) is 0 Å². The van der Waals surface area contributed by atoms with Crippen molar-refractivity contribution in [1.82, 2.24) is 4.98 Å². The quantitative estimate of drug-likeness (QED) is 0.355. The molecule has 0 atom stereocenters. The smallest absolute Gasteiger partial charge is 0.0781 e. The number of hydrogen-bond acceptors (Lipinski definition) is 1. The summed E-state index contributed by atoms with van der Waals surface area (Å²) >= 11 is 0. The third-order valence-corrected chi connectivity index (χ3v) is 5.33. The highest BCUT2D eigenvalue weighted by Gasteiger charge is 2.13. The average molecular weight is 339 g/mol. The minimum atomic E-state index is 0.507. The molecular formula is C25H25N. The van der Waals surface area contributed by atoms with Gasteiger partial charge in [0.05, 0.1) is 5.69 Å². The molecule has 0 aliphatic carbocycles. The standard InChI is InChI=1S/C25H25N/c1-15(2)19-10-16(3)11-20(13-19)25-23-12-17(4)21-8-6-7-9-22(21)24(23)18(5)14-26-25/h6-15H,1-5H3. The minimum Gasteiger partial charge on any atom is -0.255 e. The summed E-state index contributed by atoms with van der Waals surface area (Å²) in [5.74, 6) is 0.507.